The number of nitrogens with zero attached hydrogens (tertiary/aromatic N) is 3. The number of likely N-dealkylation sites (tertiary alicyclic amines) is 2. The Bertz CT molecular complexity index is 1900. The molecule has 0 bridgehead atoms. The summed E-state index contributed by atoms with van der Waals surface area (Å²) in [5.41, 5.74) is 8.39. The van der Waals surface area contributed by atoms with Crippen molar-refractivity contribution in [1.82, 2.24) is 25.4 Å². The number of fused-ring (bicyclic) bond motifs is 1. The van der Waals surface area contributed by atoms with E-state index in [-0.39, 0.29) is 38.3 Å². The molecule has 0 saturated carbocycles. The molecule has 56 heavy (non-hydrogen) atoms. The van der Waals surface area contributed by atoms with Crippen molar-refractivity contribution >= 4 is 40.9 Å². The first-order chi connectivity index (χ1) is 27.3. The van der Waals surface area contributed by atoms with Crippen LogP contribution in [-0.2, 0) is 32.1 Å². The molecule has 14 nitrogen and oxygen atoms in total. The first-order valence-electron chi connectivity index (χ1n) is 19.5. The van der Waals surface area contributed by atoms with Gasteiger partial charge in [-0.05, 0) is 68.3 Å². The highest BCUT2D eigenvalue weighted by Crippen LogP contribution is 2.26. The summed E-state index contributed by atoms with van der Waals surface area (Å²) in [5, 5.41) is 5.63. The number of rotatable bonds is 17. The van der Waals surface area contributed by atoms with Crippen molar-refractivity contribution in [2.45, 2.75) is 88.6 Å². The third-order valence-corrected chi connectivity index (χ3v) is 10.2. The van der Waals surface area contributed by atoms with Crippen molar-refractivity contribution in [3.05, 3.63) is 102 Å². The van der Waals surface area contributed by atoms with Crippen LogP contribution in [0.1, 0.15) is 73.2 Å². The molecule has 0 radical (unpaired) electrons. The van der Waals surface area contributed by atoms with Crippen LogP contribution in [0.25, 0.3) is 11.1 Å². The number of amides is 4. The van der Waals surface area contributed by atoms with Crippen molar-refractivity contribution in [3.63, 3.8) is 0 Å². The van der Waals surface area contributed by atoms with Crippen LogP contribution in [0.5, 0.6) is 0 Å². The first kappa shape index (κ1) is 39.9. The number of aryl methyl sites for hydroxylation is 1. The number of nitrogens with one attached hydrogen (secondary N) is 2. The zero-order valence-corrected chi connectivity index (χ0v) is 31.5. The van der Waals surface area contributed by atoms with Crippen LogP contribution in [0.3, 0.4) is 0 Å². The fourth-order valence-corrected chi connectivity index (χ4v) is 7.14. The Kier molecular flexibility index (Phi) is 14.1. The molecule has 2 aliphatic heterocycles. The number of hydrogen-bond acceptors (Lipinski definition) is 10. The Morgan fingerprint density at radius 3 is 2.23 bits per heavy atom. The summed E-state index contributed by atoms with van der Waals surface area (Å²) in [4.78, 5) is 76.5. The van der Waals surface area contributed by atoms with Crippen LogP contribution in [0.15, 0.2) is 89.3 Å². The molecule has 4 aromatic rings. The van der Waals surface area contributed by atoms with E-state index in [0.29, 0.717) is 43.6 Å². The van der Waals surface area contributed by atoms with Gasteiger partial charge in [-0.2, -0.15) is 0 Å². The first-order valence-corrected chi connectivity index (χ1v) is 19.5. The normalized spacial score (nSPS) is 17.7. The van der Waals surface area contributed by atoms with Gasteiger partial charge < -0.3 is 40.1 Å². The van der Waals surface area contributed by atoms with Gasteiger partial charge in [0.25, 0.3) is 5.89 Å². The quantitative estimate of drug-likeness (QED) is 0.0960. The molecule has 4 atom stereocenters. The van der Waals surface area contributed by atoms with Crippen molar-refractivity contribution in [2.24, 2.45) is 5.73 Å². The minimum Gasteiger partial charge on any atom is -0.445 e. The number of aromatic nitrogens is 1. The number of unbranched alkanes of at least 4 members (excludes halogenated alkanes) is 2. The highest BCUT2D eigenvalue weighted by Gasteiger charge is 2.45. The monoisotopic (exact) mass is 766 g/mol. The Morgan fingerprint density at radius 2 is 1.52 bits per heavy atom. The van der Waals surface area contributed by atoms with Crippen molar-refractivity contribution in [3.8, 4) is 0 Å². The molecule has 1 aromatic heterocycles. The standard InChI is InChI=1S/C42H50N6O8/c43-23-11-3-8-19-33(37(49)39-45-32-18-9-10-20-36(32)56-39)44-38(50)35-26-31(55-42(53)47-24-12-13-25-47)27-48(35)40(51)34(22-21-29-14-4-1-5-15-29)46-41(52)54-28-30-16-6-2-7-17-30/h1-2,4-7,9-10,14-18,20,31,33-35H,3,8,11-13,19,21-28,43H2,(H,44,50)(H,46,52)/t31-,33?,34?,35?/m1/s1. The molecule has 2 aliphatic rings. The van der Waals surface area contributed by atoms with Gasteiger partial charge in [-0.1, -0.05) is 85.6 Å². The van der Waals surface area contributed by atoms with Crippen LogP contribution in [0.2, 0.25) is 0 Å². The van der Waals surface area contributed by atoms with E-state index in [1.54, 1.807) is 29.2 Å². The molecule has 3 unspecified atom stereocenters. The van der Waals surface area contributed by atoms with E-state index < -0.39 is 54.0 Å². The van der Waals surface area contributed by atoms with Gasteiger partial charge in [0, 0.05) is 19.5 Å². The van der Waals surface area contributed by atoms with Gasteiger partial charge in [0.05, 0.1) is 12.6 Å². The van der Waals surface area contributed by atoms with Crippen LogP contribution in [-0.4, -0.2) is 95.0 Å². The van der Waals surface area contributed by atoms with E-state index in [9.17, 15) is 24.0 Å². The van der Waals surface area contributed by atoms with Crippen LogP contribution in [0.4, 0.5) is 9.59 Å². The number of carbonyl (C=O) groups excluding carboxylic acids is 5. The SMILES string of the molecule is NCCCCCC(NC(=O)C1C[C@@H](OC(=O)N2CCCC2)CN1C(=O)C(CCc1ccccc1)NC(=O)OCc1ccccc1)C(=O)c1nc2ccccc2o1. The summed E-state index contributed by atoms with van der Waals surface area (Å²) < 4.78 is 17.2. The molecule has 2 saturated heterocycles. The number of ketones is 1. The maximum atomic E-state index is 14.6. The molecular formula is C42H50N6O8. The largest absolute Gasteiger partial charge is 0.445 e. The zero-order chi connectivity index (χ0) is 39.3. The Hall–Kier alpha value is -5.76. The topological polar surface area (TPSA) is 186 Å². The smallest absolute Gasteiger partial charge is 0.410 e. The number of para-hydroxylation sites is 2. The lowest BCUT2D eigenvalue weighted by molar-refractivity contribution is -0.140. The predicted octanol–water partition coefficient (Wildman–Crippen LogP) is 5.14. The van der Waals surface area contributed by atoms with Gasteiger partial charge >= 0.3 is 12.2 Å². The molecule has 3 aromatic carbocycles. The molecule has 4 N–H and O–H groups in total. The molecule has 0 spiro atoms. The van der Waals surface area contributed by atoms with Crippen LogP contribution < -0.4 is 16.4 Å². The van der Waals surface area contributed by atoms with E-state index in [4.69, 9.17) is 19.6 Å². The van der Waals surface area contributed by atoms with E-state index in [1.165, 1.54) is 4.90 Å². The minimum absolute atomic E-state index is 0.00200. The second-order valence-electron chi connectivity index (χ2n) is 14.3. The highest BCUT2D eigenvalue weighted by molar-refractivity contribution is 6.01. The molecule has 3 heterocycles. The lowest BCUT2D eigenvalue weighted by atomic mass is 10.0. The summed E-state index contributed by atoms with van der Waals surface area (Å²) >= 11 is 0. The number of nitrogens with two attached hydrogens (primary N) is 1. The number of oxazole rings is 1. The maximum absolute atomic E-state index is 14.6. The lowest BCUT2D eigenvalue weighted by Gasteiger charge is -2.29. The van der Waals surface area contributed by atoms with Crippen LogP contribution in [0, 0.1) is 0 Å². The Labute approximate surface area is 326 Å². The zero-order valence-electron chi connectivity index (χ0n) is 31.5. The average Bonchev–Trinajstić information content (AvgIpc) is 4.01. The van der Waals surface area contributed by atoms with Crippen molar-refractivity contribution in [1.29, 1.82) is 0 Å². The average molecular weight is 767 g/mol. The number of alkyl carbamates (subject to hydrolysis) is 1. The number of Topliss-reactive ketones (excluding diaryl/α,β-unsaturated/α-hetero) is 1. The maximum Gasteiger partial charge on any atom is 0.410 e. The van der Waals surface area contributed by atoms with Gasteiger partial charge in [-0.3, -0.25) is 14.4 Å². The Morgan fingerprint density at radius 1 is 0.821 bits per heavy atom. The highest BCUT2D eigenvalue weighted by atomic mass is 16.6. The van der Waals surface area contributed by atoms with E-state index in [1.807, 2.05) is 60.7 Å². The molecule has 14 heteroatoms. The summed E-state index contributed by atoms with van der Waals surface area (Å²) in [5.74, 6) is -1.77. The summed E-state index contributed by atoms with van der Waals surface area (Å²) in [6.07, 6.45) is 2.63. The second kappa shape index (κ2) is 19.7. The summed E-state index contributed by atoms with van der Waals surface area (Å²) in [7, 11) is 0. The molecular weight excluding hydrogens is 716 g/mol. The fraction of sp³-hybridized carbons (Fsp3) is 0.429. The van der Waals surface area contributed by atoms with E-state index in [0.717, 1.165) is 36.8 Å². The molecule has 2 fully saturated rings. The third kappa shape index (κ3) is 10.7. The van der Waals surface area contributed by atoms with Crippen LogP contribution >= 0.6 is 0 Å². The van der Waals surface area contributed by atoms with E-state index >= 15 is 0 Å². The van der Waals surface area contributed by atoms with Crippen molar-refractivity contribution < 1.29 is 37.9 Å². The van der Waals surface area contributed by atoms with Gasteiger partial charge in [-0.15, -0.1) is 0 Å². The van der Waals surface area contributed by atoms with Gasteiger partial charge in [0.1, 0.15) is 30.3 Å². The summed E-state index contributed by atoms with van der Waals surface area (Å²) in [6.45, 7) is 1.54. The second-order valence-corrected chi connectivity index (χ2v) is 14.3. The molecule has 4 amide bonds. The molecule has 296 valence electrons. The van der Waals surface area contributed by atoms with Crippen molar-refractivity contribution in [2.75, 3.05) is 26.2 Å². The number of benzene rings is 3. The number of hydrogen-bond donors (Lipinski definition) is 3. The predicted molar refractivity (Wildman–Crippen MR) is 207 cm³/mol. The van der Waals surface area contributed by atoms with Gasteiger partial charge in [0.2, 0.25) is 17.6 Å². The molecule has 6 rings (SSSR count). The Balaban J connectivity index is 1.23. The summed E-state index contributed by atoms with van der Waals surface area (Å²) in [6, 6.07) is 22.5. The van der Waals surface area contributed by atoms with Gasteiger partial charge in [-0.25, -0.2) is 14.6 Å². The molecule has 0 aliphatic carbocycles. The van der Waals surface area contributed by atoms with Gasteiger partial charge in [0.15, 0.2) is 5.58 Å². The van der Waals surface area contributed by atoms with E-state index in [2.05, 4.69) is 15.6 Å². The lowest BCUT2D eigenvalue weighted by Crippen LogP contribution is -2.55. The number of ether oxygens (including phenoxy) is 2. The fourth-order valence-electron chi connectivity index (χ4n) is 7.14. The minimum atomic E-state index is -1.12. The third-order valence-electron chi connectivity index (χ3n) is 10.2. The number of carbonyl (C=O) groups is 5.